The zero-order valence-corrected chi connectivity index (χ0v) is 11.9. The van der Waals surface area contributed by atoms with Crippen LogP contribution in [0.2, 0.25) is 5.02 Å². The van der Waals surface area contributed by atoms with E-state index in [2.05, 4.69) is 0 Å². The van der Waals surface area contributed by atoms with Crippen LogP contribution >= 0.6 is 23.2 Å². The summed E-state index contributed by atoms with van der Waals surface area (Å²) in [6, 6.07) is 5.80. The Balaban J connectivity index is 2.32. The summed E-state index contributed by atoms with van der Waals surface area (Å²) in [6.45, 7) is 1.04. The topological polar surface area (TPSA) is 46.6 Å². The molecule has 0 saturated carbocycles. The molecule has 1 fully saturated rings. The smallest absolute Gasteiger partial charge is 0.243 e. The van der Waals surface area contributed by atoms with Gasteiger partial charge in [-0.2, -0.15) is 4.31 Å². The molecule has 1 aliphatic heterocycles. The highest BCUT2D eigenvalue weighted by atomic mass is 35.5. The molecule has 0 aliphatic carbocycles. The van der Waals surface area contributed by atoms with Crippen LogP contribution in [0.25, 0.3) is 0 Å². The molecular weight excluding hydrogens is 297 g/mol. The van der Waals surface area contributed by atoms with E-state index in [-0.39, 0.29) is 16.8 Å². The van der Waals surface area contributed by atoms with Crippen molar-refractivity contribution in [1.82, 2.24) is 4.31 Å². The molecule has 1 atom stereocenters. The van der Waals surface area contributed by atoms with Crippen LogP contribution in [0.5, 0.6) is 0 Å². The average Bonchev–Trinajstić information content (AvgIpc) is 2.39. The van der Waals surface area contributed by atoms with Crippen LogP contribution in [0, 0.1) is 0 Å². The molecule has 2 rings (SSSR count). The summed E-state index contributed by atoms with van der Waals surface area (Å²) < 4.78 is 31.5. The molecule has 18 heavy (non-hydrogen) atoms. The number of benzene rings is 1. The highest BCUT2D eigenvalue weighted by Gasteiger charge is 2.33. The van der Waals surface area contributed by atoms with Gasteiger partial charge in [0.2, 0.25) is 10.0 Å². The molecule has 100 valence electrons. The summed E-state index contributed by atoms with van der Waals surface area (Å²) >= 11 is 11.5. The Hall–Kier alpha value is -0.330. The number of halogens is 2. The Kier molecular flexibility index (Phi) is 4.50. The molecular formula is C11H13Cl2NO3S. The summed E-state index contributed by atoms with van der Waals surface area (Å²) in [5, 5.41) is 0.504. The van der Waals surface area contributed by atoms with Crippen LogP contribution in [-0.4, -0.2) is 44.4 Å². The zero-order valence-electron chi connectivity index (χ0n) is 9.55. The number of morpholine rings is 1. The molecule has 0 spiro atoms. The second-order valence-corrected chi connectivity index (χ2v) is 6.59. The predicted molar refractivity (Wildman–Crippen MR) is 70.7 cm³/mol. The van der Waals surface area contributed by atoms with Crippen LogP contribution in [0.4, 0.5) is 0 Å². The number of alkyl halides is 1. The third-order valence-corrected chi connectivity index (χ3v) is 5.35. The van der Waals surface area contributed by atoms with E-state index >= 15 is 0 Å². The Morgan fingerprint density at radius 2 is 2.00 bits per heavy atom. The average molecular weight is 310 g/mol. The lowest BCUT2D eigenvalue weighted by Gasteiger charge is -2.33. The van der Waals surface area contributed by atoms with E-state index in [1.54, 1.807) is 12.1 Å². The van der Waals surface area contributed by atoms with E-state index in [0.29, 0.717) is 24.8 Å². The number of hydrogen-bond acceptors (Lipinski definition) is 3. The third-order valence-electron chi connectivity index (χ3n) is 2.77. The van der Waals surface area contributed by atoms with Gasteiger partial charge < -0.3 is 4.74 Å². The van der Waals surface area contributed by atoms with Gasteiger partial charge in [-0.1, -0.05) is 11.6 Å². The third kappa shape index (κ3) is 2.81. The molecule has 1 aliphatic rings. The minimum Gasteiger partial charge on any atom is -0.378 e. The van der Waals surface area contributed by atoms with Crippen molar-refractivity contribution in [2.45, 2.75) is 10.9 Å². The maximum Gasteiger partial charge on any atom is 0.243 e. The maximum atomic E-state index is 12.4. The molecule has 0 amide bonds. The monoisotopic (exact) mass is 309 g/mol. The molecule has 0 bridgehead atoms. The number of hydrogen-bond donors (Lipinski definition) is 0. The molecule has 0 radical (unpaired) electrons. The number of rotatable bonds is 3. The summed E-state index contributed by atoms with van der Waals surface area (Å²) in [6.07, 6.45) is 0. The Bertz CT molecular complexity index is 504. The van der Waals surface area contributed by atoms with Gasteiger partial charge in [-0.25, -0.2) is 8.42 Å². The molecule has 7 heteroatoms. The minimum absolute atomic E-state index is 0.215. The lowest BCUT2D eigenvalue weighted by molar-refractivity contribution is 0.0404. The summed E-state index contributed by atoms with van der Waals surface area (Å²) in [4.78, 5) is 0.226. The Labute approximate surface area is 116 Å². The van der Waals surface area contributed by atoms with Crippen LogP contribution in [0.3, 0.4) is 0 Å². The fraction of sp³-hybridized carbons (Fsp3) is 0.455. The van der Waals surface area contributed by atoms with Crippen molar-refractivity contribution in [2.24, 2.45) is 0 Å². The number of sulfonamides is 1. The lowest BCUT2D eigenvalue weighted by atomic mass is 10.3. The van der Waals surface area contributed by atoms with Crippen molar-refractivity contribution < 1.29 is 13.2 Å². The molecule has 1 heterocycles. The number of nitrogens with zero attached hydrogens (tertiary/aromatic N) is 1. The summed E-state index contributed by atoms with van der Waals surface area (Å²) in [5.74, 6) is 0.215. The first-order valence-electron chi connectivity index (χ1n) is 5.47. The molecule has 4 nitrogen and oxygen atoms in total. The van der Waals surface area contributed by atoms with Gasteiger partial charge in [-0.3, -0.25) is 0 Å². The first kappa shape index (κ1) is 14.1. The van der Waals surface area contributed by atoms with E-state index in [1.807, 2.05) is 0 Å². The van der Waals surface area contributed by atoms with E-state index in [4.69, 9.17) is 27.9 Å². The SMILES string of the molecule is O=S(=O)(c1ccc(Cl)cc1)N1CCOCC1CCl. The first-order valence-corrected chi connectivity index (χ1v) is 7.82. The molecule has 1 unspecified atom stereocenters. The lowest BCUT2D eigenvalue weighted by Crippen LogP contribution is -2.49. The van der Waals surface area contributed by atoms with Gasteiger partial charge in [0.25, 0.3) is 0 Å². The van der Waals surface area contributed by atoms with Gasteiger partial charge in [0.05, 0.1) is 24.2 Å². The normalized spacial score (nSPS) is 22.0. The summed E-state index contributed by atoms with van der Waals surface area (Å²) in [5.41, 5.74) is 0. The van der Waals surface area contributed by atoms with Crippen molar-refractivity contribution in [2.75, 3.05) is 25.6 Å². The first-order chi connectivity index (χ1) is 8.55. The van der Waals surface area contributed by atoms with Gasteiger partial charge in [-0.05, 0) is 24.3 Å². The quantitative estimate of drug-likeness (QED) is 0.802. The van der Waals surface area contributed by atoms with Gasteiger partial charge in [0.1, 0.15) is 0 Å². The predicted octanol–water partition coefficient (Wildman–Crippen LogP) is 1.97. The van der Waals surface area contributed by atoms with Crippen LogP contribution < -0.4 is 0 Å². The summed E-state index contributed by atoms with van der Waals surface area (Å²) in [7, 11) is -3.53. The second kappa shape index (κ2) is 5.75. The standard InChI is InChI=1S/C11H13Cl2NO3S/c12-7-10-8-17-6-5-14(10)18(15,16)11-3-1-9(13)2-4-11/h1-4,10H,5-8H2. The van der Waals surface area contributed by atoms with Crippen LogP contribution in [-0.2, 0) is 14.8 Å². The second-order valence-electron chi connectivity index (χ2n) is 3.95. The molecule has 1 aromatic rings. The molecule has 0 N–H and O–H groups in total. The van der Waals surface area contributed by atoms with E-state index in [9.17, 15) is 8.42 Å². The maximum absolute atomic E-state index is 12.4. The van der Waals surface area contributed by atoms with Gasteiger partial charge in [-0.15, -0.1) is 11.6 Å². The van der Waals surface area contributed by atoms with Gasteiger partial charge in [0.15, 0.2) is 0 Å². The van der Waals surface area contributed by atoms with Crippen LogP contribution in [0.1, 0.15) is 0 Å². The van der Waals surface area contributed by atoms with Gasteiger partial charge in [0, 0.05) is 17.4 Å². The molecule has 1 aromatic carbocycles. The fourth-order valence-electron chi connectivity index (χ4n) is 1.82. The molecule has 0 aromatic heterocycles. The van der Waals surface area contributed by atoms with Crippen molar-refractivity contribution in [3.8, 4) is 0 Å². The highest BCUT2D eigenvalue weighted by Crippen LogP contribution is 2.22. The fourth-order valence-corrected chi connectivity index (χ4v) is 3.88. The van der Waals surface area contributed by atoms with Crippen molar-refractivity contribution in [3.05, 3.63) is 29.3 Å². The largest absolute Gasteiger partial charge is 0.378 e. The highest BCUT2D eigenvalue weighted by molar-refractivity contribution is 7.89. The zero-order chi connectivity index (χ0) is 13.2. The molecule has 1 saturated heterocycles. The number of ether oxygens (including phenoxy) is 1. The van der Waals surface area contributed by atoms with E-state index < -0.39 is 10.0 Å². The van der Waals surface area contributed by atoms with Crippen molar-refractivity contribution >= 4 is 33.2 Å². The van der Waals surface area contributed by atoms with Crippen molar-refractivity contribution in [1.29, 1.82) is 0 Å². The van der Waals surface area contributed by atoms with Crippen molar-refractivity contribution in [3.63, 3.8) is 0 Å². The minimum atomic E-state index is -3.53. The van der Waals surface area contributed by atoms with E-state index in [0.717, 1.165) is 0 Å². The Morgan fingerprint density at radius 1 is 1.33 bits per heavy atom. The van der Waals surface area contributed by atoms with E-state index in [1.165, 1.54) is 16.4 Å². The van der Waals surface area contributed by atoms with Gasteiger partial charge >= 0.3 is 0 Å². The Morgan fingerprint density at radius 3 is 2.61 bits per heavy atom. The van der Waals surface area contributed by atoms with Crippen LogP contribution in [0.15, 0.2) is 29.2 Å².